The number of carbonyl (C=O) groups excluding carboxylic acids is 2. The Morgan fingerprint density at radius 3 is 2.78 bits per heavy atom. The van der Waals surface area contributed by atoms with Crippen molar-refractivity contribution in [2.45, 2.75) is 9.71 Å². The van der Waals surface area contributed by atoms with Gasteiger partial charge in [-0.1, -0.05) is 30.0 Å². The van der Waals surface area contributed by atoms with Crippen LogP contribution >= 0.6 is 34.4 Å². The predicted octanol–water partition coefficient (Wildman–Crippen LogP) is 4.01. The summed E-state index contributed by atoms with van der Waals surface area (Å²) < 4.78 is 6.37. The molecule has 0 aliphatic heterocycles. The summed E-state index contributed by atoms with van der Waals surface area (Å²) in [7, 11) is 1.27. The number of nitrogens with one attached hydrogen (secondary N) is 1. The minimum absolute atomic E-state index is 0.172. The summed E-state index contributed by atoms with van der Waals surface area (Å²) in [6, 6.07) is 11.3. The molecule has 118 valence electrons. The summed E-state index contributed by atoms with van der Waals surface area (Å²) in [6.07, 6.45) is -0.645. The Balaban J connectivity index is 1.85. The number of hydrogen-bond acceptors (Lipinski definition) is 7. The number of fused-ring (bicyclic) bond motifs is 1. The van der Waals surface area contributed by atoms with Gasteiger partial charge < -0.3 is 10.1 Å². The number of amides is 1. The summed E-state index contributed by atoms with van der Waals surface area (Å²) >= 11 is 4.04. The van der Waals surface area contributed by atoms with Crippen LogP contribution in [0.2, 0.25) is 0 Å². The predicted molar refractivity (Wildman–Crippen MR) is 93.5 cm³/mol. The van der Waals surface area contributed by atoms with Crippen LogP contribution in [0.4, 0.5) is 4.79 Å². The second-order valence-corrected chi connectivity index (χ2v) is 7.75. The molecule has 23 heavy (non-hydrogen) atoms. The zero-order chi connectivity index (χ0) is 16.2. The van der Waals surface area contributed by atoms with E-state index in [1.807, 2.05) is 29.6 Å². The maximum Gasteiger partial charge on any atom is 0.408 e. The summed E-state index contributed by atoms with van der Waals surface area (Å²) in [5.41, 5.74) is 0.875. The molecule has 0 radical (unpaired) electrons. The highest BCUT2D eigenvalue weighted by atomic mass is 32.2. The quantitative estimate of drug-likeness (QED) is 0.421. The van der Waals surface area contributed by atoms with Gasteiger partial charge in [0.1, 0.15) is 5.37 Å². The monoisotopic (exact) mass is 364 g/mol. The molecule has 8 heteroatoms. The lowest BCUT2D eigenvalue weighted by Crippen LogP contribution is -2.38. The lowest BCUT2D eigenvalue weighted by molar-refractivity contribution is 0.0974. The molecule has 1 aromatic carbocycles. The molecule has 0 aliphatic rings. The number of thiophene rings is 1. The van der Waals surface area contributed by atoms with Crippen molar-refractivity contribution < 1.29 is 14.3 Å². The molecule has 2 heterocycles. The van der Waals surface area contributed by atoms with E-state index in [2.05, 4.69) is 15.0 Å². The average molecular weight is 364 g/mol. The standard InChI is InChI=1S/C15H12N2O3S3/c1-20-14(19)17-13(12(18)11-7-4-8-21-11)23-15-16-9-5-2-3-6-10(9)22-15/h2-8,13H,1H3,(H,17,19)/t13-/m0/s1. The Kier molecular flexibility index (Phi) is 4.94. The van der Waals surface area contributed by atoms with Crippen LogP contribution in [0, 0.1) is 0 Å². The van der Waals surface area contributed by atoms with Crippen molar-refractivity contribution in [1.82, 2.24) is 10.3 Å². The number of nitrogens with zero attached hydrogens (tertiary/aromatic N) is 1. The van der Waals surface area contributed by atoms with Crippen molar-refractivity contribution in [3.63, 3.8) is 0 Å². The van der Waals surface area contributed by atoms with E-state index in [0.717, 1.165) is 14.6 Å². The van der Waals surface area contributed by atoms with Gasteiger partial charge in [0.15, 0.2) is 4.34 Å². The van der Waals surface area contributed by atoms with E-state index in [-0.39, 0.29) is 5.78 Å². The van der Waals surface area contributed by atoms with E-state index in [1.165, 1.54) is 41.5 Å². The zero-order valence-corrected chi connectivity index (χ0v) is 14.5. The van der Waals surface area contributed by atoms with Gasteiger partial charge in [-0.05, 0) is 23.6 Å². The molecule has 0 unspecified atom stereocenters. The first-order valence-electron chi connectivity index (χ1n) is 6.62. The molecule has 0 saturated heterocycles. The van der Waals surface area contributed by atoms with Crippen molar-refractivity contribution in [2.75, 3.05) is 7.11 Å². The van der Waals surface area contributed by atoms with Crippen molar-refractivity contribution in [1.29, 1.82) is 0 Å². The molecular weight excluding hydrogens is 352 g/mol. The van der Waals surface area contributed by atoms with Gasteiger partial charge in [-0.2, -0.15) is 0 Å². The second-order valence-electron chi connectivity index (χ2n) is 4.42. The zero-order valence-electron chi connectivity index (χ0n) is 12.0. The number of aromatic nitrogens is 1. The van der Waals surface area contributed by atoms with Gasteiger partial charge >= 0.3 is 6.09 Å². The van der Waals surface area contributed by atoms with Crippen LogP contribution in [0.5, 0.6) is 0 Å². The van der Waals surface area contributed by atoms with E-state index < -0.39 is 11.5 Å². The molecule has 3 rings (SSSR count). The van der Waals surface area contributed by atoms with Crippen molar-refractivity contribution in [3.8, 4) is 0 Å². The highest BCUT2D eigenvalue weighted by Crippen LogP contribution is 2.32. The molecule has 1 amide bonds. The number of ketones is 1. The van der Waals surface area contributed by atoms with E-state index >= 15 is 0 Å². The number of benzene rings is 1. The van der Waals surface area contributed by atoms with Gasteiger partial charge in [-0.15, -0.1) is 22.7 Å². The molecule has 2 aromatic heterocycles. The largest absolute Gasteiger partial charge is 0.453 e. The Morgan fingerprint density at radius 2 is 2.09 bits per heavy atom. The fourth-order valence-corrected chi connectivity index (χ4v) is 4.82. The maximum absolute atomic E-state index is 12.6. The molecule has 5 nitrogen and oxygen atoms in total. The third kappa shape index (κ3) is 3.72. The summed E-state index contributed by atoms with van der Waals surface area (Å²) in [4.78, 5) is 29.2. The third-order valence-corrected chi connectivity index (χ3v) is 6.04. The average Bonchev–Trinajstić information content (AvgIpc) is 3.22. The Bertz CT molecular complexity index is 796. The number of para-hydroxylation sites is 1. The molecule has 1 atom stereocenters. The fraction of sp³-hybridized carbons (Fsp3) is 0.133. The molecular formula is C15H12N2O3S3. The minimum atomic E-state index is -0.776. The Morgan fingerprint density at radius 1 is 1.26 bits per heavy atom. The number of methoxy groups -OCH3 is 1. The molecule has 0 fully saturated rings. The molecule has 0 spiro atoms. The Labute approximate surface area is 144 Å². The van der Waals surface area contributed by atoms with Crippen LogP contribution in [-0.2, 0) is 4.74 Å². The van der Waals surface area contributed by atoms with Crippen LogP contribution in [-0.4, -0.2) is 29.3 Å². The Hall–Kier alpha value is -1.90. The first-order chi connectivity index (χ1) is 11.2. The first kappa shape index (κ1) is 16.0. The number of alkyl carbamates (subject to hydrolysis) is 1. The SMILES string of the molecule is COC(=O)N[C@@H](Sc1nc2ccccc2s1)C(=O)c1cccs1. The van der Waals surface area contributed by atoms with Crippen LogP contribution < -0.4 is 5.32 Å². The smallest absolute Gasteiger partial charge is 0.408 e. The van der Waals surface area contributed by atoms with E-state index in [9.17, 15) is 9.59 Å². The highest BCUT2D eigenvalue weighted by Gasteiger charge is 2.26. The first-order valence-corrected chi connectivity index (χ1v) is 9.19. The van der Waals surface area contributed by atoms with Crippen LogP contribution in [0.3, 0.4) is 0 Å². The van der Waals surface area contributed by atoms with E-state index in [4.69, 9.17) is 0 Å². The van der Waals surface area contributed by atoms with Crippen LogP contribution in [0.15, 0.2) is 46.1 Å². The number of thiazole rings is 1. The van der Waals surface area contributed by atoms with Crippen LogP contribution in [0.25, 0.3) is 10.2 Å². The normalized spacial score (nSPS) is 12.0. The summed E-state index contributed by atoms with van der Waals surface area (Å²) in [6.45, 7) is 0. The lowest BCUT2D eigenvalue weighted by Gasteiger charge is -2.14. The molecule has 3 aromatic rings. The van der Waals surface area contributed by atoms with Crippen molar-refractivity contribution >= 4 is 56.5 Å². The molecule has 0 aliphatic carbocycles. The number of rotatable bonds is 5. The van der Waals surface area contributed by atoms with Gasteiger partial charge in [0.2, 0.25) is 5.78 Å². The van der Waals surface area contributed by atoms with Gasteiger partial charge in [0.05, 0.1) is 22.2 Å². The highest BCUT2D eigenvalue weighted by molar-refractivity contribution is 8.02. The van der Waals surface area contributed by atoms with Crippen molar-refractivity contribution in [3.05, 3.63) is 46.7 Å². The van der Waals surface area contributed by atoms with Gasteiger partial charge in [-0.25, -0.2) is 9.78 Å². The molecule has 1 N–H and O–H groups in total. The maximum atomic E-state index is 12.6. The number of ether oxygens (including phenoxy) is 1. The van der Waals surface area contributed by atoms with Gasteiger partial charge in [-0.3, -0.25) is 4.79 Å². The van der Waals surface area contributed by atoms with Crippen LogP contribution in [0.1, 0.15) is 9.67 Å². The van der Waals surface area contributed by atoms with Gasteiger partial charge in [0.25, 0.3) is 0 Å². The second kappa shape index (κ2) is 7.12. The lowest BCUT2D eigenvalue weighted by atomic mass is 10.3. The summed E-state index contributed by atoms with van der Waals surface area (Å²) in [5.74, 6) is -0.172. The minimum Gasteiger partial charge on any atom is -0.453 e. The van der Waals surface area contributed by atoms with E-state index in [1.54, 1.807) is 12.1 Å². The van der Waals surface area contributed by atoms with E-state index in [0.29, 0.717) is 4.88 Å². The number of thioether (sulfide) groups is 1. The third-order valence-electron chi connectivity index (χ3n) is 2.93. The van der Waals surface area contributed by atoms with Crippen molar-refractivity contribution in [2.24, 2.45) is 0 Å². The topological polar surface area (TPSA) is 68.3 Å². The molecule has 0 saturated carbocycles. The number of hydrogen-bond donors (Lipinski definition) is 1. The summed E-state index contributed by atoms with van der Waals surface area (Å²) in [5, 5.41) is 3.62. The number of carbonyl (C=O) groups is 2. The fourth-order valence-electron chi connectivity index (χ4n) is 1.86. The van der Waals surface area contributed by atoms with Gasteiger partial charge in [0, 0.05) is 0 Å². The number of Topliss-reactive ketones (excluding diaryl/α,β-unsaturated/α-hetero) is 1. The molecule has 0 bridgehead atoms.